The third kappa shape index (κ3) is 1.35. The zero-order valence-corrected chi connectivity index (χ0v) is 10.3. The molecule has 86 valence electrons. The van der Waals surface area contributed by atoms with E-state index in [1.807, 2.05) is 6.07 Å². The van der Waals surface area contributed by atoms with Crippen molar-refractivity contribution in [3.63, 3.8) is 0 Å². The maximum Gasteiger partial charge on any atom is 0.165 e. The Bertz CT molecular complexity index is 463. The van der Waals surface area contributed by atoms with Crippen molar-refractivity contribution in [3.05, 3.63) is 23.5 Å². The van der Waals surface area contributed by atoms with Crippen LogP contribution in [0, 0.1) is 5.41 Å². The lowest BCUT2D eigenvalue weighted by atomic mass is 9.76. The Morgan fingerprint density at radius 2 is 1.88 bits per heavy atom. The fraction of sp³-hybridized carbons (Fsp3) is 0.643. The van der Waals surface area contributed by atoms with Crippen LogP contribution in [0.15, 0.2) is 12.3 Å². The molecule has 2 aliphatic rings. The van der Waals surface area contributed by atoms with Gasteiger partial charge in [-0.15, -0.1) is 0 Å². The van der Waals surface area contributed by atoms with E-state index in [1.165, 1.54) is 18.5 Å². The first kappa shape index (κ1) is 10.1. The summed E-state index contributed by atoms with van der Waals surface area (Å²) in [4.78, 5) is 12.0. The van der Waals surface area contributed by atoms with E-state index in [1.54, 1.807) is 0 Å². The standard InChI is InChI=1S/C14H19NO/c1-13(2)8-11-10(12(16)9-13)4-7-15(11)14(3)5-6-14/h4,7H,5-6,8-9H2,1-3H3. The molecule has 0 amide bonds. The van der Waals surface area contributed by atoms with Crippen molar-refractivity contribution in [2.45, 2.75) is 52.0 Å². The normalized spacial score (nSPS) is 25.3. The van der Waals surface area contributed by atoms with Gasteiger partial charge in [-0.2, -0.15) is 0 Å². The molecule has 16 heavy (non-hydrogen) atoms. The minimum absolute atomic E-state index is 0.130. The van der Waals surface area contributed by atoms with Gasteiger partial charge in [0, 0.05) is 29.4 Å². The highest BCUT2D eigenvalue weighted by molar-refractivity contribution is 5.98. The molecule has 0 saturated heterocycles. The number of Topliss-reactive ketones (excluding diaryl/α,β-unsaturated/α-hetero) is 1. The number of carbonyl (C=O) groups is 1. The lowest BCUT2D eigenvalue weighted by Crippen LogP contribution is -2.29. The molecular weight excluding hydrogens is 198 g/mol. The highest BCUT2D eigenvalue weighted by Crippen LogP contribution is 2.46. The summed E-state index contributed by atoms with van der Waals surface area (Å²) in [6.45, 7) is 6.68. The van der Waals surface area contributed by atoms with Crippen LogP contribution in [-0.2, 0) is 12.0 Å². The van der Waals surface area contributed by atoms with E-state index in [0.29, 0.717) is 17.7 Å². The van der Waals surface area contributed by atoms with E-state index in [0.717, 1.165) is 12.0 Å². The largest absolute Gasteiger partial charge is 0.345 e. The van der Waals surface area contributed by atoms with Gasteiger partial charge in [0.1, 0.15) is 0 Å². The number of carbonyl (C=O) groups excluding carboxylic acids is 1. The van der Waals surface area contributed by atoms with E-state index in [-0.39, 0.29) is 5.41 Å². The average Bonchev–Trinajstić information content (AvgIpc) is 2.75. The van der Waals surface area contributed by atoms with Crippen molar-refractivity contribution >= 4 is 5.78 Å². The van der Waals surface area contributed by atoms with Gasteiger partial charge in [-0.3, -0.25) is 4.79 Å². The van der Waals surface area contributed by atoms with Crippen LogP contribution in [0.3, 0.4) is 0 Å². The molecule has 0 spiro atoms. The molecule has 1 fully saturated rings. The molecule has 2 heteroatoms. The molecule has 0 unspecified atom stereocenters. The van der Waals surface area contributed by atoms with Crippen LogP contribution in [0.2, 0.25) is 0 Å². The summed E-state index contributed by atoms with van der Waals surface area (Å²) >= 11 is 0. The van der Waals surface area contributed by atoms with E-state index in [4.69, 9.17) is 0 Å². The van der Waals surface area contributed by atoms with Crippen molar-refractivity contribution in [1.29, 1.82) is 0 Å². The topological polar surface area (TPSA) is 22.0 Å². The molecule has 1 saturated carbocycles. The maximum absolute atomic E-state index is 12.0. The lowest BCUT2D eigenvalue weighted by Gasteiger charge is -2.31. The second-order valence-corrected chi connectivity index (χ2v) is 6.48. The predicted octanol–water partition coefficient (Wildman–Crippen LogP) is 3.15. The third-order valence-electron chi connectivity index (χ3n) is 4.13. The van der Waals surface area contributed by atoms with Gasteiger partial charge in [0.25, 0.3) is 0 Å². The average molecular weight is 217 g/mol. The van der Waals surface area contributed by atoms with Crippen molar-refractivity contribution in [2.75, 3.05) is 0 Å². The Morgan fingerprint density at radius 1 is 1.19 bits per heavy atom. The number of rotatable bonds is 1. The fourth-order valence-electron chi connectivity index (χ4n) is 2.87. The van der Waals surface area contributed by atoms with Gasteiger partial charge in [-0.1, -0.05) is 13.8 Å². The van der Waals surface area contributed by atoms with Crippen LogP contribution in [0.1, 0.15) is 56.1 Å². The number of fused-ring (bicyclic) bond motifs is 1. The van der Waals surface area contributed by atoms with Crippen LogP contribution in [0.4, 0.5) is 0 Å². The molecular formula is C14H19NO. The van der Waals surface area contributed by atoms with Crippen LogP contribution in [0.5, 0.6) is 0 Å². The van der Waals surface area contributed by atoms with Gasteiger partial charge in [0.05, 0.1) is 0 Å². The predicted molar refractivity (Wildman–Crippen MR) is 63.7 cm³/mol. The van der Waals surface area contributed by atoms with E-state index < -0.39 is 0 Å². The smallest absolute Gasteiger partial charge is 0.165 e. The van der Waals surface area contributed by atoms with Gasteiger partial charge in [-0.25, -0.2) is 0 Å². The molecule has 3 rings (SSSR count). The monoisotopic (exact) mass is 217 g/mol. The summed E-state index contributed by atoms with van der Waals surface area (Å²) in [5.74, 6) is 0.328. The second kappa shape index (κ2) is 2.79. The summed E-state index contributed by atoms with van der Waals surface area (Å²) in [5, 5.41) is 0. The molecule has 0 aliphatic heterocycles. The summed E-state index contributed by atoms with van der Waals surface area (Å²) < 4.78 is 2.36. The van der Waals surface area contributed by atoms with Crippen molar-refractivity contribution in [2.24, 2.45) is 5.41 Å². The first-order valence-corrected chi connectivity index (χ1v) is 6.15. The SMILES string of the molecule is CC1(C)CC(=O)c2ccn(C3(C)CC3)c2C1. The summed E-state index contributed by atoms with van der Waals surface area (Å²) in [5.41, 5.74) is 2.70. The first-order chi connectivity index (χ1) is 7.41. The number of nitrogens with zero attached hydrogens (tertiary/aromatic N) is 1. The number of hydrogen-bond acceptors (Lipinski definition) is 1. The minimum atomic E-state index is 0.130. The van der Waals surface area contributed by atoms with Crippen LogP contribution < -0.4 is 0 Å². The number of hydrogen-bond donors (Lipinski definition) is 0. The summed E-state index contributed by atoms with van der Waals surface area (Å²) in [7, 11) is 0. The zero-order valence-electron chi connectivity index (χ0n) is 10.3. The lowest BCUT2D eigenvalue weighted by molar-refractivity contribution is 0.0909. The van der Waals surface area contributed by atoms with Gasteiger partial charge in [0.2, 0.25) is 0 Å². The van der Waals surface area contributed by atoms with Gasteiger partial charge < -0.3 is 4.57 Å². The van der Waals surface area contributed by atoms with Crippen molar-refractivity contribution < 1.29 is 4.79 Å². The van der Waals surface area contributed by atoms with Crippen molar-refractivity contribution in [1.82, 2.24) is 4.57 Å². The van der Waals surface area contributed by atoms with E-state index >= 15 is 0 Å². The molecule has 0 aromatic carbocycles. The Morgan fingerprint density at radius 3 is 2.50 bits per heavy atom. The number of ketones is 1. The first-order valence-electron chi connectivity index (χ1n) is 6.15. The van der Waals surface area contributed by atoms with E-state index in [9.17, 15) is 4.79 Å². The van der Waals surface area contributed by atoms with Crippen molar-refractivity contribution in [3.8, 4) is 0 Å². The highest BCUT2D eigenvalue weighted by Gasteiger charge is 2.43. The van der Waals surface area contributed by atoms with Gasteiger partial charge >= 0.3 is 0 Å². The van der Waals surface area contributed by atoms with Crippen LogP contribution >= 0.6 is 0 Å². The van der Waals surface area contributed by atoms with Crippen LogP contribution in [-0.4, -0.2) is 10.4 Å². The minimum Gasteiger partial charge on any atom is -0.345 e. The zero-order chi connectivity index (χ0) is 11.6. The summed E-state index contributed by atoms with van der Waals surface area (Å²) in [6, 6.07) is 2.02. The fourth-order valence-corrected chi connectivity index (χ4v) is 2.87. The molecule has 2 nitrogen and oxygen atoms in total. The van der Waals surface area contributed by atoms with Gasteiger partial charge in [-0.05, 0) is 37.7 Å². The molecule has 1 aromatic rings. The maximum atomic E-state index is 12.0. The number of aromatic nitrogens is 1. The Labute approximate surface area is 96.6 Å². The summed E-state index contributed by atoms with van der Waals surface area (Å²) in [6.07, 6.45) is 6.36. The van der Waals surface area contributed by atoms with Gasteiger partial charge in [0.15, 0.2) is 5.78 Å². The quantitative estimate of drug-likeness (QED) is 0.708. The Balaban J connectivity index is 2.10. The molecule has 0 radical (unpaired) electrons. The molecule has 2 aliphatic carbocycles. The van der Waals surface area contributed by atoms with E-state index in [2.05, 4.69) is 31.5 Å². The third-order valence-corrected chi connectivity index (χ3v) is 4.13. The molecule has 1 aromatic heterocycles. The molecule has 0 atom stereocenters. The Kier molecular flexibility index (Phi) is 1.77. The molecule has 0 bridgehead atoms. The molecule has 0 N–H and O–H groups in total. The molecule has 1 heterocycles. The highest BCUT2D eigenvalue weighted by atomic mass is 16.1. The van der Waals surface area contributed by atoms with Crippen LogP contribution in [0.25, 0.3) is 0 Å². The second-order valence-electron chi connectivity index (χ2n) is 6.48. The Hall–Kier alpha value is -1.05.